The van der Waals surface area contributed by atoms with E-state index in [2.05, 4.69) is 4.99 Å². The summed E-state index contributed by atoms with van der Waals surface area (Å²) in [5, 5.41) is -0.129. The van der Waals surface area contributed by atoms with Crippen molar-refractivity contribution in [2.75, 3.05) is 0 Å². The summed E-state index contributed by atoms with van der Waals surface area (Å²) < 4.78 is 43.7. The molecule has 0 aliphatic carbocycles. The third-order valence-corrected chi connectivity index (χ3v) is 4.30. The second-order valence-corrected chi connectivity index (χ2v) is 6.56. The minimum Gasteiger partial charge on any atom is -0.487 e. The Labute approximate surface area is 159 Å². The zero-order valence-corrected chi connectivity index (χ0v) is 15.1. The molecule has 0 amide bonds. The van der Waals surface area contributed by atoms with Crippen LogP contribution in [-0.2, 0) is 12.8 Å². The zero-order chi connectivity index (χ0) is 19.6. The third kappa shape index (κ3) is 4.57. The Kier molecular flexibility index (Phi) is 5.37. The van der Waals surface area contributed by atoms with E-state index in [-0.39, 0.29) is 17.4 Å². The highest BCUT2D eigenvalue weighted by molar-refractivity contribution is 6.32. The van der Waals surface area contributed by atoms with Gasteiger partial charge in [-0.3, -0.25) is 9.79 Å². The van der Waals surface area contributed by atoms with Crippen LogP contribution in [0.15, 0.2) is 47.5 Å². The summed E-state index contributed by atoms with van der Waals surface area (Å²) in [6.07, 6.45) is -1.02. The largest absolute Gasteiger partial charge is 0.487 e. The molecule has 140 valence electrons. The molecule has 3 rings (SSSR count). The van der Waals surface area contributed by atoms with Crippen molar-refractivity contribution < 1.29 is 22.7 Å². The Morgan fingerprint density at radius 3 is 2.59 bits per heavy atom. The van der Waals surface area contributed by atoms with E-state index >= 15 is 0 Å². The predicted octanol–water partition coefficient (Wildman–Crippen LogP) is 5.96. The topological polar surface area (TPSA) is 38.7 Å². The summed E-state index contributed by atoms with van der Waals surface area (Å²) in [5.74, 6) is 0.136. The van der Waals surface area contributed by atoms with E-state index < -0.39 is 11.7 Å². The van der Waals surface area contributed by atoms with Crippen LogP contribution in [-0.4, -0.2) is 12.0 Å². The van der Waals surface area contributed by atoms with Crippen LogP contribution in [0.4, 0.5) is 13.2 Å². The van der Waals surface area contributed by atoms with Gasteiger partial charge in [0.1, 0.15) is 18.6 Å². The minimum absolute atomic E-state index is 0.0513. The van der Waals surface area contributed by atoms with Crippen LogP contribution in [0.5, 0.6) is 5.75 Å². The molecule has 0 bridgehead atoms. The van der Waals surface area contributed by atoms with Crippen LogP contribution in [0.25, 0.3) is 5.70 Å². The molecule has 2 aromatic carbocycles. The Morgan fingerprint density at radius 2 is 2.00 bits per heavy atom. The molecule has 0 fully saturated rings. The summed E-state index contributed by atoms with van der Waals surface area (Å²) in [4.78, 5) is 15.7. The first kappa shape index (κ1) is 19.2. The lowest BCUT2D eigenvalue weighted by atomic mass is 10.0. The second kappa shape index (κ2) is 7.56. The van der Waals surface area contributed by atoms with Crippen LogP contribution in [0, 0.1) is 0 Å². The minimum atomic E-state index is -4.47. The van der Waals surface area contributed by atoms with E-state index in [1.54, 1.807) is 12.1 Å². The van der Waals surface area contributed by atoms with Crippen LogP contribution in [0.2, 0.25) is 5.02 Å². The zero-order valence-electron chi connectivity index (χ0n) is 14.3. The Balaban J connectivity index is 1.81. The number of rotatable bonds is 5. The van der Waals surface area contributed by atoms with Crippen molar-refractivity contribution in [2.24, 2.45) is 4.99 Å². The molecular formula is C20H15ClF3NO2. The highest BCUT2D eigenvalue weighted by Crippen LogP contribution is 2.35. The summed E-state index contributed by atoms with van der Waals surface area (Å²) in [6.45, 7) is 1.97. The fourth-order valence-corrected chi connectivity index (χ4v) is 2.93. The molecule has 0 spiro atoms. The van der Waals surface area contributed by atoms with Crippen molar-refractivity contribution in [1.29, 1.82) is 0 Å². The first-order chi connectivity index (χ1) is 12.8. The number of hydrogen-bond donors (Lipinski definition) is 0. The number of carbonyl (C=O) groups excluding carboxylic acids is 1. The normalized spacial score (nSPS) is 14.0. The number of alkyl halides is 3. The number of benzene rings is 2. The number of nitrogens with zero attached hydrogens (tertiary/aromatic N) is 1. The maximum atomic E-state index is 12.7. The van der Waals surface area contributed by atoms with Crippen molar-refractivity contribution in [2.45, 2.75) is 26.1 Å². The first-order valence-electron chi connectivity index (χ1n) is 8.09. The molecule has 0 atom stereocenters. The van der Waals surface area contributed by atoms with E-state index in [4.69, 9.17) is 16.3 Å². The molecule has 27 heavy (non-hydrogen) atoms. The van der Waals surface area contributed by atoms with E-state index in [0.29, 0.717) is 11.1 Å². The molecule has 1 aliphatic heterocycles. The molecule has 0 N–H and O–H groups in total. The van der Waals surface area contributed by atoms with Gasteiger partial charge in [0.15, 0.2) is 0 Å². The van der Waals surface area contributed by atoms with Crippen LogP contribution >= 0.6 is 11.6 Å². The molecule has 0 aromatic heterocycles. The molecule has 0 saturated carbocycles. The van der Waals surface area contributed by atoms with Gasteiger partial charge in [0, 0.05) is 23.3 Å². The number of hydrogen-bond acceptors (Lipinski definition) is 3. The average molecular weight is 394 g/mol. The number of aldehydes is 1. The van der Waals surface area contributed by atoms with Crippen LogP contribution < -0.4 is 4.74 Å². The highest BCUT2D eigenvalue weighted by atomic mass is 35.5. The van der Waals surface area contributed by atoms with Crippen molar-refractivity contribution in [1.82, 2.24) is 0 Å². The van der Waals surface area contributed by atoms with E-state index in [0.717, 1.165) is 41.8 Å². The number of ether oxygens (including phenoxy) is 1. The molecule has 1 heterocycles. The molecule has 2 aromatic rings. The second-order valence-electron chi connectivity index (χ2n) is 6.15. The smallest absolute Gasteiger partial charge is 0.416 e. The number of halogens is 4. The molecule has 7 heteroatoms. The quantitative estimate of drug-likeness (QED) is 0.588. The van der Waals surface area contributed by atoms with Crippen LogP contribution in [0.3, 0.4) is 0 Å². The van der Waals surface area contributed by atoms with Gasteiger partial charge in [-0.25, -0.2) is 0 Å². The van der Waals surface area contributed by atoms with Gasteiger partial charge in [0.2, 0.25) is 0 Å². The van der Waals surface area contributed by atoms with Gasteiger partial charge in [-0.05, 0) is 48.9 Å². The molecule has 0 radical (unpaired) electrons. The Morgan fingerprint density at radius 1 is 1.22 bits per heavy atom. The van der Waals surface area contributed by atoms with Gasteiger partial charge in [-0.2, -0.15) is 13.2 Å². The lowest BCUT2D eigenvalue weighted by molar-refractivity contribution is -0.137. The maximum Gasteiger partial charge on any atom is 0.416 e. The number of aliphatic imine (C=N–C) groups is 1. The number of allylic oxidation sites excluding steroid dienone is 1. The predicted molar refractivity (Wildman–Crippen MR) is 98.3 cm³/mol. The SMILES string of the molecule is CC1=NC(c2cc(C=O)cc(COc3ccc(C(F)(F)F)cc3Cl)c2)=CC1. The molecule has 0 unspecified atom stereocenters. The number of carbonyl (C=O) groups is 1. The third-order valence-electron chi connectivity index (χ3n) is 4.00. The lowest BCUT2D eigenvalue weighted by Crippen LogP contribution is -2.05. The summed E-state index contributed by atoms with van der Waals surface area (Å²) in [5.41, 5.74) is 2.86. The molecule has 1 aliphatic rings. The fraction of sp³-hybridized carbons (Fsp3) is 0.200. The van der Waals surface area contributed by atoms with Gasteiger partial charge < -0.3 is 4.74 Å². The highest BCUT2D eigenvalue weighted by Gasteiger charge is 2.31. The summed E-state index contributed by atoms with van der Waals surface area (Å²) in [7, 11) is 0. The van der Waals surface area contributed by atoms with E-state index in [1.165, 1.54) is 6.07 Å². The standard InChI is InChI=1S/C20H15ClF3NO2/c1-12-2-4-18(25-12)15-7-13(10-26)6-14(8-15)11-27-19-5-3-16(9-17(19)21)20(22,23)24/h3-10H,2,11H2,1H3. The Hall–Kier alpha value is -2.60. The maximum absolute atomic E-state index is 12.7. The van der Waals surface area contributed by atoms with Crippen molar-refractivity contribution >= 4 is 29.3 Å². The van der Waals surface area contributed by atoms with Gasteiger partial charge in [-0.15, -0.1) is 0 Å². The summed E-state index contributed by atoms with van der Waals surface area (Å²) >= 11 is 5.90. The van der Waals surface area contributed by atoms with Crippen molar-refractivity contribution in [3.8, 4) is 5.75 Å². The summed E-state index contributed by atoms with van der Waals surface area (Å²) in [6, 6.07) is 8.14. The van der Waals surface area contributed by atoms with Crippen LogP contribution in [0.1, 0.15) is 40.4 Å². The van der Waals surface area contributed by atoms with Gasteiger partial charge in [-0.1, -0.05) is 17.7 Å². The van der Waals surface area contributed by atoms with Gasteiger partial charge in [0.05, 0.1) is 16.3 Å². The molecule has 3 nitrogen and oxygen atoms in total. The van der Waals surface area contributed by atoms with Crippen molar-refractivity contribution in [3.63, 3.8) is 0 Å². The van der Waals surface area contributed by atoms with Gasteiger partial charge >= 0.3 is 6.18 Å². The van der Waals surface area contributed by atoms with E-state index in [9.17, 15) is 18.0 Å². The monoisotopic (exact) mass is 393 g/mol. The van der Waals surface area contributed by atoms with Crippen molar-refractivity contribution in [3.05, 3.63) is 69.8 Å². The van der Waals surface area contributed by atoms with Gasteiger partial charge in [0.25, 0.3) is 0 Å². The Bertz CT molecular complexity index is 949. The lowest BCUT2D eigenvalue weighted by Gasteiger charge is -2.12. The average Bonchev–Trinajstić information content (AvgIpc) is 3.06. The first-order valence-corrected chi connectivity index (χ1v) is 8.47. The molecule has 0 saturated heterocycles. The fourth-order valence-electron chi connectivity index (χ4n) is 2.70. The van der Waals surface area contributed by atoms with E-state index in [1.807, 2.05) is 19.1 Å². The molecular weight excluding hydrogens is 379 g/mol.